The molecule has 22 heavy (non-hydrogen) atoms. The predicted octanol–water partition coefficient (Wildman–Crippen LogP) is 2.31. The number of nitrogens with zero attached hydrogens (tertiary/aromatic N) is 2. The maximum atomic E-state index is 12.2. The van der Waals surface area contributed by atoms with Gasteiger partial charge in [-0.05, 0) is 32.8 Å². The summed E-state index contributed by atoms with van der Waals surface area (Å²) in [4.78, 5) is 27.4. The molecule has 0 N–H and O–H groups in total. The summed E-state index contributed by atoms with van der Waals surface area (Å²) in [6.07, 6.45) is 0.419. The highest BCUT2D eigenvalue weighted by molar-refractivity contribution is 5.83. The summed E-state index contributed by atoms with van der Waals surface area (Å²) in [6.45, 7) is 7.34. The SMILES string of the molecule is CC(C)(C)OC(=O)N1CCN(CCc2ccccc2)C(=O)C1. The van der Waals surface area contributed by atoms with Gasteiger partial charge >= 0.3 is 6.09 Å². The van der Waals surface area contributed by atoms with Crippen LogP contribution in [0, 0.1) is 0 Å². The smallest absolute Gasteiger partial charge is 0.410 e. The second-order valence-corrected chi connectivity index (χ2v) is 6.52. The van der Waals surface area contributed by atoms with Crippen molar-refractivity contribution in [2.45, 2.75) is 32.8 Å². The van der Waals surface area contributed by atoms with Crippen molar-refractivity contribution in [3.63, 3.8) is 0 Å². The quantitative estimate of drug-likeness (QED) is 0.861. The summed E-state index contributed by atoms with van der Waals surface area (Å²) in [6, 6.07) is 10.1. The molecule has 1 heterocycles. The third-order valence-electron chi connectivity index (χ3n) is 3.48. The summed E-state index contributed by atoms with van der Waals surface area (Å²) >= 11 is 0. The van der Waals surface area contributed by atoms with E-state index in [1.165, 1.54) is 10.5 Å². The van der Waals surface area contributed by atoms with Gasteiger partial charge in [0.15, 0.2) is 0 Å². The molecule has 0 radical (unpaired) electrons. The van der Waals surface area contributed by atoms with Crippen LogP contribution in [0.15, 0.2) is 30.3 Å². The molecule has 0 aromatic heterocycles. The van der Waals surface area contributed by atoms with Crippen LogP contribution in [0.2, 0.25) is 0 Å². The molecule has 1 aromatic rings. The first-order valence-corrected chi connectivity index (χ1v) is 7.65. The van der Waals surface area contributed by atoms with Crippen molar-refractivity contribution in [2.24, 2.45) is 0 Å². The zero-order valence-corrected chi connectivity index (χ0v) is 13.5. The molecule has 120 valence electrons. The molecule has 0 spiro atoms. The highest BCUT2D eigenvalue weighted by Gasteiger charge is 2.29. The maximum Gasteiger partial charge on any atom is 0.410 e. The van der Waals surface area contributed by atoms with E-state index in [4.69, 9.17) is 4.74 Å². The van der Waals surface area contributed by atoms with Gasteiger partial charge in [0.2, 0.25) is 5.91 Å². The lowest BCUT2D eigenvalue weighted by Gasteiger charge is -2.35. The molecule has 1 fully saturated rings. The monoisotopic (exact) mass is 304 g/mol. The van der Waals surface area contributed by atoms with Crippen molar-refractivity contribution in [1.29, 1.82) is 0 Å². The van der Waals surface area contributed by atoms with Crippen molar-refractivity contribution in [3.8, 4) is 0 Å². The number of hydrogen-bond donors (Lipinski definition) is 0. The molecule has 0 aliphatic carbocycles. The molecule has 0 unspecified atom stereocenters. The number of amides is 2. The summed E-state index contributed by atoms with van der Waals surface area (Å²) < 4.78 is 5.31. The average molecular weight is 304 g/mol. The van der Waals surface area contributed by atoms with Gasteiger partial charge in [-0.1, -0.05) is 30.3 Å². The van der Waals surface area contributed by atoms with Crippen LogP contribution in [-0.4, -0.2) is 53.6 Å². The molecule has 5 nitrogen and oxygen atoms in total. The van der Waals surface area contributed by atoms with Gasteiger partial charge in [0.1, 0.15) is 12.1 Å². The number of hydrogen-bond acceptors (Lipinski definition) is 3. The zero-order valence-electron chi connectivity index (χ0n) is 13.5. The number of piperazine rings is 1. The largest absolute Gasteiger partial charge is 0.444 e. The van der Waals surface area contributed by atoms with Crippen LogP contribution < -0.4 is 0 Å². The minimum atomic E-state index is -0.537. The first-order valence-electron chi connectivity index (χ1n) is 7.65. The molecular weight excluding hydrogens is 280 g/mol. The Hall–Kier alpha value is -2.04. The number of carbonyl (C=O) groups is 2. The summed E-state index contributed by atoms with van der Waals surface area (Å²) in [5.74, 6) is -0.0203. The Morgan fingerprint density at radius 2 is 1.86 bits per heavy atom. The van der Waals surface area contributed by atoms with Crippen molar-refractivity contribution in [1.82, 2.24) is 9.80 Å². The standard InChI is InChI=1S/C17H24N2O3/c1-17(2,3)22-16(21)19-12-11-18(15(20)13-19)10-9-14-7-5-4-6-8-14/h4-8H,9-13H2,1-3H3. The van der Waals surface area contributed by atoms with Crippen LogP contribution >= 0.6 is 0 Å². The van der Waals surface area contributed by atoms with Crippen LogP contribution in [0.4, 0.5) is 4.79 Å². The number of benzene rings is 1. The molecule has 0 saturated carbocycles. The molecule has 0 bridgehead atoms. The van der Waals surface area contributed by atoms with Crippen molar-refractivity contribution < 1.29 is 14.3 Å². The van der Waals surface area contributed by atoms with E-state index in [2.05, 4.69) is 12.1 Å². The van der Waals surface area contributed by atoms with E-state index >= 15 is 0 Å². The maximum absolute atomic E-state index is 12.2. The molecule has 1 saturated heterocycles. The van der Waals surface area contributed by atoms with E-state index in [9.17, 15) is 9.59 Å². The van der Waals surface area contributed by atoms with Gasteiger partial charge in [-0.3, -0.25) is 9.69 Å². The first kappa shape index (κ1) is 16.3. The molecule has 1 aliphatic rings. The summed E-state index contributed by atoms with van der Waals surface area (Å²) in [7, 11) is 0. The van der Waals surface area contributed by atoms with E-state index in [0.717, 1.165) is 6.42 Å². The highest BCUT2D eigenvalue weighted by atomic mass is 16.6. The Bertz CT molecular complexity index is 522. The van der Waals surface area contributed by atoms with Gasteiger partial charge in [0.05, 0.1) is 0 Å². The summed E-state index contributed by atoms with van der Waals surface area (Å²) in [5.41, 5.74) is 0.676. The fourth-order valence-electron chi connectivity index (χ4n) is 2.34. The predicted molar refractivity (Wildman–Crippen MR) is 84.5 cm³/mol. The Kier molecular flexibility index (Phi) is 5.06. The lowest BCUT2D eigenvalue weighted by Crippen LogP contribution is -2.53. The summed E-state index contributed by atoms with van der Waals surface area (Å²) in [5, 5.41) is 0. The van der Waals surface area contributed by atoms with Gasteiger partial charge in [-0.25, -0.2) is 4.79 Å². The normalized spacial score (nSPS) is 15.9. The van der Waals surface area contributed by atoms with Crippen molar-refractivity contribution >= 4 is 12.0 Å². The van der Waals surface area contributed by atoms with Gasteiger partial charge in [-0.15, -0.1) is 0 Å². The van der Waals surface area contributed by atoms with Crippen LogP contribution in [-0.2, 0) is 16.0 Å². The Labute approximate surface area is 131 Å². The van der Waals surface area contributed by atoms with E-state index in [-0.39, 0.29) is 12.5 Å². The first-order chi connectivity index (χ1) is 10.3. The fourth-order valence-corrected chi connectivity index (χ4v) is 2.34. The topological polar surface area (TPSA) is 49.9 Å². The molecule has 1 aliphatic heterocycles. The van der Waals surface area contributed by atoms with E-state index in [1.807, 2.05) is 43.9 Å². The van der Waals surface area contributed by atoms with E-state index in [1.54, 1.807) is 0 Å². The van der Waals surface area contributed by atoms with Crippen LogP contribution in [0.1, 0.15) is 26.3 Å². The second-order valence-electron chi connectivity index (χ2n) is 6.52. The number of carbonyl (C=O) groups excluding carboxylic acids is 2. The average Bonchev–Trinajstić information content (AvgIpc) is 2.45. The third-order valence-corrected chi connectivity index (χ3v) is 3.48. The third kappa shape index (κ3) is 4.76. The van der Waals surface area contributed by atoms with Crippen LogP contribution in [0.5, 0.6) is 0 Å². The highest BCUT2D eigenvalue weighted by Crippen LogP contribution is 2.13. The van der Waals surface area contributed by atoms with E-state index < -0.39 is 11.7 Å². The minimum absolute atomic E-state index is 0.0203. The lowest BCUT2D eigenvalue weighted by atomic mass is 10.1. The lowest BCUT2D eigenvalue weighted by molar-refractivity contribution is -0.135. The minimum Gasteiger partial charge on any atom is -0.444 e. The van der Waals surface area contributed by atoms with Crippen molar-refractivity contribution in [3.05, 3.63) is 35.9 Å². The molecule has 1 aromatic carbocycles. The van der Waals surface area contributed by atoms with Gasteiger partial charge < -0.3 is 9.64 Å². The molecule has 2 rings (SSSR count). The Balaban J connectivity index is 1.82. The van der Waals surface area contributed by atoms with Crippen LogP contribution in [0.25, 0.3) is 0 Å². The molecular formula is C17H24N2O3. The van der Waals surface area contributed by atoms with Crippen molar-refractivity contribution in [2.75, 3.05) is 26.2 Å². The number of ether oxygens (including phenoxy) is 1. The Morgan fingerprint density at radius 1 is 1.18 bits per heavy atom. The van der Waals surface area contributed by atoms with Gasteiger partial charge in [0.25, 0.3) is 0 Å². The van der Waals surface area contributed by atoms with E-state index in [0.29, 0.717) is 19.6 Å². The molecule has 2 amide bonds. The fraction of sp³-hybridized carbons (Fsp3) is 0.529. The van der Waals surface area contributed by atoms with Gasteiger partial charge in [-0.2, -0.15) is 0 Å². The molecule has 0 atom stereocenters. The Morgan fingerprint density at radius 3 is 2.45 bits per heavy atom. The van der Waals surface area contributed by atoms with Crippen LogP contribution in [0.3, 0.4) is 0 Å². The second kappa shape index (κ2) is 6.81. The van der Waals surface area contributed by atoms with Gasteiger partial charge in [0, 0.05) is 19.6 Å². The molecule has 5 heteroatoms. The number of rotatable bonds is 3. The zero-order chi connectivity index (χ0) is 16.2.